The van der Waals surface area contributed by atoms with Gasteiger partial charge in [-0.1, -0.05) is 38.1 Å². The summed E-state index contributed by atoms with van der Waals surface area (Å²) in [4.78, 5) is 4.54. The molecule has 0 bridgehead atoms. The van der Waals surface area contributed by atoms with E-state index >= 15 is 0 Å². The van der Waals surface area contributed by atoms with Crippen molar-refractivity contribution in [3.63, 3.8) is 0 Å². The lowest BCUT2D eigenvalue weighted by Gasteiger charge is -2.05. The molecule has 0 aliphatic heterocycles. The van der Waals surface area contributed by atoms with Crippen LogP contribution < -0.4 is 5.32 Å². The quantitative estimate of drug-likeness (QED) is 0.501. The van der Waals surface area contributed by atoms with Crippen LogP contribution in [0.5, 0.6) is 0 Å². The third-order valence-electron chi connectivity index (χ3n) is 4.05. The van der Waals surface area contributed by atoms with Gasteiger partial charge in [0, 0.05) is 28.9 Å². The van der Waals surface area contributed by atoms with Gasteiger partial charge in [0.05, 0.1) is 5.69 Å². The molecular weight excluding hydrogens is 376 g/mol. The minimum absolute atomic E-state index is 0.317. The topological polar surface area (TPSA) is 48.7 Å². The van der Waals surface area contributed by atoms with E-state index < -0.39 is 11.6 Å². The number of thiazole rings is 1. The Morgan fingerprint density at radius 3 is 2.57 bits per heavy atom. The summed E-state index contributed by atoms with van der Waals surface area (Å²) in [5, 5.41) is 14.7. The Hall–Kier alpha value is -3.04. The Morgan fingerprint density at radius 2 is 1.93 bits per heavy atom. The van der Waals surface area contributed by atoms with Crippen LogP contribution in [0.4, 0.5) is 14.5 Å². The molecule has 3 aromatic rings. The molecule has 0 amide bonds. The highest BCUT2D eigenvalue weighted by molar-refractivity contribution is 7.11. The van der Waals surface area contributed by atoms with Gasteiger partial charge in [0.2, 0.25) is 0 Å². The molecule has 142 valence electrons. The average molecular weight is 395 g/mol. The smallest absolute Gasteiger partial charge is 0.160 e. The lowest BCUT2D eigenvalue weighted by atomic mass is 10.0. The number of rotatable bonds is 6. The van der Waals surface area contributed by atoms with Crippen LogP contribution in [0.2, 0.25) is 0 Å². The van der Waals surface area contributed by atoms with Gasteiger partial charge < -0.3 is 5.32 Å². The van der Waals surface area contributed by atoms with Gasteiger partial charge in [-0.2, -0.15) is 5.26 Å². The van der Waals surface area contributed by atoms with E-state index in [4.69, 9.17) is 0 Å². The number of hydrogen-bond donors (Lipinski definition) is 1. The normalized spacial score (nSPS) is 11.5. The van der Waals surface area contributed by atoms with Crippen LogP contribution in [-0.4, -0.2) is 4.98 Å². The van der Waals surface area contributed by atoms with Crippen molar-refractivity contribution in [3.8, 4) is 17.3 Å². The third kappa shape index (κ3) is 4.81. The van der Waals surface area contributed by atoms with E-state index in [0.717, 1.165) is 29.8 Å². The van der Waals surface area contributed by atoms with Crippen molar-refractivity contribution in [2.75, 3.05) is 5.32 Å². The predicted octanol–water partition coefficient (Wildman–Crippen LogP) is 6.26. The number of nitriles is 1. The largest absolute Gasteiger partial charge is 0.360 e. The number of nitrogens with zero attached hydrogens (tertiary/aromatic N) is 2. The van der Waals surface area contributed by atoms with Crippen LogP contribution in [-0.2, 0) is 6.42 Å². The first kappa shape index (κ1) is 19.7. The lowest BCUT2D eigenvalue weighted by Crippen LogP contribution is -1.94. The van der Waals surface area contributed by atoms with Crippen LogP contribution in [0.25, 0.3) is 16.8 Å². The first-order valence-electron chi connectivity index (χ1n) is 8.83. The summed E-state index contributed by atoms with van der Waals surface area (Å²) in [6, 6.07) is 13.8. The zero-order valence-electron chi connectivity index (χ0n) is 15.5. The van der Waals surface area contributed by atoms with Gasteiger partial charge in [0.15, 0.2) is 11.6 Å². The Morgan fingerprint density at radius 1 is 1.18 bits per heavy atom. The molecule has 3 nitrogen and oxygen atoms in total. The number of benzene rings is 2. The monoisotopic (exact) mass is 395 g/mol. The molecule has 2 aromatic carbocycles. The van der Waals surface area contributed by atoms with Crippen molar-refractivity contribution in [1.82, 2.24) is 4.98 Å². The van der Waals surface area contributed by atoms with Crippen molar-refractivity contribution in [2.45, 2.75) is 20.3 Å². The van der Waals surface area contributed by atoms with Gasteiger partial charge >= 0.3 is 0 Å². The standard InChI is InChI=1S/C22H19F2N3S/c1-14(2)9-15-3-5-16(6-4-15)21-13-28-22(27-21)17(11-25)12-26-18-7-8-19(23)20(24)10-18/h3-8,10,12-14,26H,9H2,1-2H3. The Bertz CT molecular complexity index is 1030. The molecular formula is C22H19F2N3S. The molecule has 0 saturated carbocycles. The maximum Gasteiger partial charge on any atom is 0.160 e. The highest BCUT2D eigenvalue weighted by atomic mass is 32.1. The molecule has 0 fully saturated rings. The van der Waals surface area contributed by atoms with Crippen molar-refractivity contribution in [3.05, 3.63) is 76.3 Å². The van der Waals surface area contributed by atoms with E-state index in [9.17, 15) is 14.0 Å². The molecule has 1 aromatic heterocycles. The van der Waals surface area contributed by atoms with Gasteiger partial charge in [-0.3, -0.25) is 0 Å². The summed E-state index contributed by atoms with van der Waals surface area (Å²) in [7, 11) is 0. The summed E-state index contributed by atoms with van der Waals surface area (Å²) in [5.74, 6) is -1.27. The molecule has 1 heterocycles. The van der Waals surface area contributed by atoms with E-state index in [0.29, 0.717) is 22.2 Å². The molecule has 0 aliphatic carbocycles. The number of aromatic nitrogens is 1. The van der Waals surface area contributed by atoms with Crippen LogP contribution >= 0.6 is 11.3 Å². The minimum atomic E-state index is -0.950. The number of anilines is 1. The summed E-state index contributed by atoms with van der Waals surface area (Å²) < 4.78 is 26.3. The zero-order valence-corrected chi connectivity index (χ0v) is 16.4. The molecule has 0 unspecified atom stereocenters. The maximum atomic E-state index is 13.3. The summed E-state index contributed by atoms with van der Waals surface area (Å²) in [6.45, 7) is 4.37. The van der Waals surface area contributed by atoms with E-state index in [-0.39, 0.29) is 0 Å². The Labute approximate surface area is 167 Å². The van der Waals surface area contributed by atoms with E-state index in [1.165, 1.54) is 29.2 Å². The fourth-order valence-corrected chi connectivity index (χ4v) is 3.49. The molecule has 0 atom stereocenters. The summed E-state index contributed by atoms with van der Waals surface area (Å²) in [6.07, 6.45) is 2.47. The molecule has 6 heteroatoms. The highest BCUT2D eigenvalue weighted by Crippen LogP contribution is 2.27. The zero-order chi connectivity index (χ0) is 20.1. The average Bonchev–Trinajstić information content (AvgIpc) is 3.15. The van der Waals surface area contributed by atoms with Gasteiger partial charge in [-0.05, 0) is 30.0 Å². The van der Waals surface area contributed by atoms with E-state index in [1.54, 1.807) is 0 Å². The van der Waals surface area contributed by atoms with Crippen molar-refractivity contribution in [1.29, 1.82) is 5.26 Å². The third-order valence-corrected chi connectivity index (χ3v) is 4.93. The maximum absolute atomic E-state index is 13.3. The number of allylic oxidation sites excluding steroid dienone is 1. The number of hydrogen-bond acceptors (Lipinski definition) is 4. The molecule has 28 heavy (non-hydrogen) atoms. The van der Waals surface area contributed by atoms with Crippen molar-refractivity contribution < 1.29 is 8.78 Å². The first-order valence-corrected chi connectivity index (χ1v) is 9.71. The first-order chi connectivity index (χ1) is 13.5. The van der Waals surface area contributed by atoms with E-state index in [2.05, 4.69) is 42.4 Å². The fourth-order valence-electron chi connectivity index (χ4n) is 2.70. The predicted molar refractivity (Wildman–Crippen MR) is 110 cm³/mol. The molecule has 3 rings (SSSR count). The number of nitrogens with one attached hydrogen (secondary N) is 1. The van der Waals surface area contributed by atoms with Gasteiger partial charge in [0.25, 0.3) is 0 Å². The van der Waals surface area contributed by atoms with Gasteiger partial charge in [0.1, 0.15) is 16.6 Å². The van der Waals surface area contributed by atoms with Crippen LogP contribution in [0.15, 0.2) is 54.0 Å². The van der Waals surface area contributed by atoms with Gasteiger partial charge in [-0.15, -0.1) is 11.3 Å². The van der Waals surface area contributed by atoms with Crippen LogP contribution in [0, 0.1) is 28.9 Å². The molecule has 0 spiro atoms. The van der Waals surface area contributed by atoms with E-state index in [1.807, 2.05) is 17.5 Å². The molecule has 1 N–H and O–H groups in total. The second-order valence-corrected chi connectivity index (χ2v) is 7.63. The second kappa shape index (κ2) is 8.77. The SMILES string of the molecule is CC(C)Cc1ccc(-c2csc(C(C#N)=CNc3ccc(F)c(F)c3)n2)cc1. The van der Waals surface area contributed by atoms with Crippen LogP contribution in [0.3, 0.4) is 0 Å². The Kier molecular flexibility index (Phi) is 6.17. The van der Waals surface area contributed by atoms with Crippen molar-refractivity contribution in [2.24, 2.45) is 5.92 Å². The fraction of sp³-hybridized carbons (Fsp3) is 0.182. The molecule has 0 aliphatic rings. The molecule has 0 radical (unpaired) electrons. The summed E-state index contributed by atoms with van der Waals surface area (Å²) >= 11 is 1.36. The molecule has 0 saturated heterocycles. The van der Waals surface area contributed by atoms with Crippen molar-refractivity contribution >= 4 is 22.6 Å². The Balaban J connectivity index is 1.77. The summed E-state index contributed by atoms with van der Waals surface area (Å²) in [5.41, 5.74) is 3.73. The lowest BCUT2D eigenvalue weighted by molar-refractivity contribution is 0.509. The second-order valence-electron chi connectivity index (χ2n) is 6.78. The number of halogens is 2. The van der Waals surface area contributed by atoms with Gasteiger partial charge in [-0.25, -0.2) is 13.8 Å². The highest BCUT2D eigenvalue weighted by Gasteiger charge is 2.10. The minimum Gasteiger partial charge on any atom is -0.360 e. The van der Waals surface area contributed by atoms with Crippen LogP contribution in [0.1, 0.15) is 24.4 Å².